The van der Waals surface area contributed by atoms with Crippen molar-refractivity contribution in [2.24, 2.45) is 21.5 Å². The Labute approximate surface area is 410 Å². The van der Waals surface area contributed by atoms with Crippen LogP contribution in [0.25, 0.3) is 21.5 Å². The van der Waals surface area contributed by atoms with Crippen molar-refractivity contribution in [1.29, 1.82) is 0 Å². The van der Waals surface area contributed by atoms with Gasteiger partial charge in [-0.2, -0.15) is 0 Å². The van der Waals surface area contributed by atoms with Crippen LogP contribution >= 0.6 is 0 Å². The van der Waals surface area contributed by atoms with Crippen molar-refractivity contribution in [3.05, 3.63) is 109 Å². The van der Waals surface area contributed by atoms with Gasteiger partial charge in [-0.15, -0.1) is 0 Å². The van der Waals surface area contributed by atoms with Crippen LogP contribution < -0.4 is 30.7 Å². The van der Waals surface area contributed by atoms with Crippen molar-refractivity contribution in [3.63, 3.8) is 0 Å². The SMILES string of the molecule is CN=C(N)N(c1cc(CCCCN2C(C)CCCC2C)ccc1OC)c1occ2ccccc12.CN=C(N)N(c1cc(CCCCN2C(C)CCCC2C)ccc1OC)c1occ2ccccc12.O. The molecule has 13 nitrogen and oxygen atoms in total. The first-order chi connectivity index (χ1) is 33.1. The molecule has 4 aromatic carbocycles. The molecule has 0 saturated carbocycles. The second kappa shape index (κ2) is 25.0. The summed E-state index contributed by atoms with van der Waals surface area (Å²) in [6.45, 7) is 11.8. The van der Waals surface area contributed by atoms with Crippen LogP contribution in [0.3, 0.4) is 0 Å². The summed E-state index contributed by atoms with van der Waals surface area (Å²) in [7, 11) is 6.73. The molecule has 4 heterocycles. The van der Waals surface area contributed by atoms with Crippen LogP contribution in [-0.4, -0.2) is 92.8 Å². The number of benzene rings is 4. The Kier molecular flexibility index (Phi) is 19.0. The molecule has 0 aliphatic carbocycles. The Morgan fingerprint density at radius 3 is 1.32 bits per heavy atom. The van der Waals surface area contributed by atoms with E-state index in [1.807, 2.05) is 70.5 Å². The van der Waals surface area contributed by atoms with Crippen molar-refractivity contribution >= 4 is 56.6 Å². The van der Waals surface area contributed by atoms with E-state index in [0.717, 1.165) is 70.1 Å². The van der Waals surface area contributed by atoms with E-state index in [1.165, 1.54) is 75.6 Å². The largest absolute Gasteiger partial charge is 0.495 e. The van der Waals surface area contributed by atoms with Crippen molar-refractivity contribution in [1.82, 2.24) is 9.80 Å². The molecule has 69 heavy (non-hydrogen) atoms. The van der Waals surface area contributed by atoms with Crippen LogP contribution in [0.1, 0.15) is 103 Å². The Morgan fingerprint density at radius 2 is 0.957 bits per heavy atom. The second-order valence-corrected chi connectivity index (χ2v) is 18.8. The van der Waals surface area contributed by atoms with Gasteiger partial charge in [-0.1, -0.05) is 61.4 Å². The zero-order valence-corrected chi connectivity index (χ0v) is 42.4. The minimum Gasteiger partial charge on any atom is -0.495 e. The van der Waals surface area contributed by atoms with Crippen LogP contribution in [0.5, 0.6) is 11.5 Å². The summed E-state index contributed by atoms with van der Waals surface area (Å²) in [5, 5.41) is 3.99. The van der Waals surface area contributed by atoms with E-state index in [-0.39, 0.29) is 5.48 Å². The Bertz CT molecular complexity index is 2410. The lowest BCUT2D eigenvalue weighted by Gasteiger charge is -2.39. The van der Waals surface area contributed by atoms with E-state index in [1.54, 1.807) is 40.8 Å². The van der Waals surface area contributed by atoms with Gasteiger partial charge in [-0.3, -0.25) is 19.8 Å². The first-order valence-electron chi connectivity index (χ1n) is 24.9. The van der Waals surface area contributed by atoms with Gasteiger partial charge in [0.25, 0.3) is 0 Å². The first-order valence-corrected chi connectivity index (χ1v) is 24.9. The molecule has 13 heteroatoms. The number of piperidine rings is 2. The molecule has 0 amide bonds. The number of rotatable bonds is 16. The zero-order chi connectivity index (χ0) is 48.2. The van der Waals surface area contributed by atoms with Crippen LogP contribution in [0.2, 0.25) is 0 Å². The van der Waals surface area contributed by atoms with Gasteiger partial charge in [0.05, 0.1) is 25.6 Å². The molecule has 0 spiro atoms. The van der Waals surface area contributed by atoms with Gasteiger partial charge in [-0.25, -0.2) is 9.80 Å². The Morgan fingerprint density at radius 1 is 0.580 bits per heavy atom. The van der Waals surface area contributed by atoms with Crippen molar-refractivity contribution in [3.8, 4) is 11.5 Å². The van der Waals surface area contributed by atoms with Crippen LogP contribution in [0.15, 0.2) is 116 Å². The number of furan rings is 2. The third-order valence-electron chi connectivity index (χ3n) is 14.3. The minimum atomic E-state index is 0. The summed E-state index contributed by atoms with van der Waals surface area (Å²) >= 11 is 0. The number of hydrogen-bond donors (Lipinski definition) is 2. The van der Waals surface area contributed by atoms with Crippen molar-refractivity contribution in [2.45, 2.75) is 129 Å². The fourth-order valence-corrected chi connectivity index (χ4v) is 10.4. The Hall–Kier alpha value is -6.02. The van der Waals surface area contributed by atoms with Gasteiger partial charge >= 0.3 is 0 Å². The maximum absolute atomic E-state index is 6.39. The van der Waals surface area contributed by atoms with Gasteiger partial charge < -0.3 is 35.3 Å². The fraction of sp³-hybridized carbons (Fsp3) is 0.464. The van der Waals surface area contributed by atoms with E-state index in [4.69, 9.17) is 29.8 Å². The average molecular weight is 943 g/mol. The number of nitrogens with two attached hydrogens (primary N) is 2. The third kappa shape index (κ3) is 12.4. The third-order valence-corrected chi connectivity index (χ3v) is 14.3. The lowest BCUT2D eigenvalue weighted by atomic mass is 9.97. The highest BCUT2D eigenvalue weighted by Gasteiger charge is 2.27. The number of ether oxygens (including phenoxy) is 2. The minimum absolute atomic E-state index is 0. The summed E-state index contributed by atoms with van der Waals surface area (Å²) in [4.78, 5) is 17.6. The average Bonchev–Trinajstić information content (AvgIpc) is 3.98. The number of likely N-dealkylation sites (tertiary alicyclic amines) is 2. The summed E-state index contributed by atoms with van der Waals surface area (Å²) in [6.07, 6.45) is 18.2. The fourth-order valence-electron chi connectivity index (χ4n) is 10.4. The second-order valence-electron chi connectivity index (χ2n) is 18.8. The zero-order valence-electron chi connectivity index (χ0n) is 42.4. The van der Waals surface area contributed by atoms with E-state index in [2.05, 4.69) is 71.7 Å². The predicted molar refractivity (Wildman–Crippen MR) is 286 cm³/mol. The molecule has 8 rings (SSSR count). The highest BCUT2D eigenvalue weighted by Crippen LogP contribution is 2.41. The van der Waals surface area contributed by atoms with Crippen LogP contribution in [-0.2, 0) is 12.8 Å². The maximum Gasteiger partial charge on any atom is 0.214 e. The summed E-state index contributed by atoms with van der Waals surface area (Å²) < 4.78 is 23.4. The van der Waals surface area contributed by atoms with E-state index >= 15 is 0 Å². The molecule has 2 fully saturated rings. The highest BCUT2D eigenvalue weighted by molar-refractivity contribution is 6.09. The lowest BCUT2D eigenvalue weighted by Crippen LogP contribution is -2.44. The molecule has 2 saturated heterocycles. The van der Waals surface area contributed by atoms with Crippen LogP contribution in [0, 0.1) is 0 Å². The van der Waals surface area contributed by atoms with Gasteiger partial charge in [-0.05, 0) is 153 Å². The Balaban J connectivity index is 0.000000224. The number of fused-ring (bicyclic) bond motifs is 2. The lowest BCUT2D eigenvalue weighted by molar-refractivity contribution is 0.101. The maximum atomic E-state index is 6.39. The summed E-state index contributed by atoms with van der Waals surface area (Å²) in [6, 6.07) is 31.5. The van der Waals surface area contributed by atoms with Crippen molar-refractivity contribution < 1.29 is 23.8 Å². The van der Waals surface area contributed by atoms with Gasteiger partial charge in [0.1, 0.15) is 24.0 Å². The highest BCUT2D eigenvalue weighted by atomic mass is 16.5. The molecule has 372 valence electrons. The van der Waals surface area contributed by atoms with Crippen LogP contribution in [0.4, 0.5) is 23.1 Å². The molecule has 2 aliphatic rings. The normalized spacial score (nSPS) is 19.2. The molecule has 4 unspecified atom stereocenters. The van der Waals surface area contributed by atoms with E-state index < -0.39 is 0 Å². The molecular weight excluding hydrogens is 865 g/mol. The van der Waals surface area contributed by atoms with Gasteiger partial charge in [0.2, 0.25) is 23.7 Å². The quantitative estimate of drug-likeness (QED) is 0.0542. The molecule has 4 atom stereocenters. The van der Waals surface area contributed by atoms with Gasteiger partial charge in [0, 0.05) is 59.8 Å². The molecule has 6 aromatic rings. The molecule has 6 N–H and O–H groups in total. The number of nitrogens with zero attached hydrogens (tertiary/aromatic N) is 6. The number of guanidine groups is 2. The number of aryl methyl sites for hydroxylation is 2. The van der Waals surface area contributed by atoms with Gasteiger partial charge in [0.15, 0.2) is 0 Å². The number of hydrogen-bond acceptors (Lipinski definition) is 8. The number of anilines is 4. The molecule has 0 bridgehead atoms. The monoisotopic (exact) mass is 943 g/mol. The van der Waals surface area contributed by atoms with E-state index in [0.29, 0.717) is 47.9 Å². The van der Waals surface area contributed by atoms with E-state index in [9.17, 15) is 0 Å². The molecule has 2 aliphatic heterocycles. The summed E-state index contributed by atoms with van der Waals surface area (Å²) in [5.74, 6) is 3.44. The number of methoxy groups -OCH3 is 2. The predicted octanol–water partition coefficient (Wildman–Crippen LogP) is 11.4. The molecule has 2 aromatic heterocycles. The standard InChI is InChI=1S/2C28H38N4O2.H2O/c2*1-20-10-9-11-21(2)31(20)17-8-7-12-22-15-16-26(33-4)25(18-22)32(28(29)30-3)27-24-14-6-5-13-23(24)19-34-27;/h2*5-6,13-16,18-21H,7-12,17H2,1-4H3,(H2,29,30);1H2. The first kappa shape index (κ1) is 52.4. The molecule has 0 radical (unpaired) electrons. The molecular formula is C56H78N8O5. The topological polar surface area (TPSA) is 166 Å². The van der Waals surface area contributed by atoms with Crippen molar-refractivity contribution in [2.75, 3.05) is 51.2 Å². The number of aliphatic imine (C=N–C) groups is 2. The number of unbranched alkanes of at least 4 members (excludes halogenated alkanes) is 2. The summed E-state index contributed by atoms with van der Waals surface area (Å²) in [5.41, 5.74) is 17.0. The smallest absolute Gasteiger partial charge is 0.214 e.